The van der Waals surface area contributed by atoms with Gasteiger partial charge in [-0.3, -0.25) is 14.5 Å². The Morgan fingerprint density at radius 1 is 0.943 bits per heavy atom. The fourth-order valence-electron chi connectivity index (χ4n) is 4.32. The molecular formula is C28H27NO6. The molecule has 0 aromatic heterocycles. The number of hydrogen-bond acceptors (Lipinski definition) is 6. The fraction of sp³-hybridized carbons (Fsp3) is 0.214. The third-order valence-corrected chi connectivity index (χ3v) is 5.97. The van der Waals surface area contributed by atoms with Gasteiger partial charge in [-0.25, -0.2) is 0 Å². The topological polar surface area (TPSA) is 85.3 Å². The number of Topliss-reactive ketones (excluding diaryl/α,β-unsaturated/α-hetero) is 1. The van der Waals surface area contributed by atoms with Gasteiger partial charge in [-0.2, -0.15) is 0 Å². The zero-order chi connectivity index (χ0) is 25.1. The molecule has 0 saturated carbocycles. The molecule has 35 heavy (non-hydrogen) atoms. The van der Waals surface area contributed by atoms with Crippen molar-refractivity contribution in [3.05, 3.63) is 89.0 Å². The molecule has 4 rings (SSSR count). The second-order valence-corrected chi connectivity index (χ2v) is 8.03. The molecule has 1 aliphatic heterocycles. The lowest BCUT2D eigenvalue weighted by molar-refractivity contribution is -0.132. The predicted octanol–water partition coefficient (Wildman–Crippen LogP) is 5.04. The van der Waals surface area contributed by atoms with Crippen LogP contribution in [0.25, 0.3) is 5.76 Å². The third-order valence-electron chi connectivity index (χ3n) is 5.97. The van der Waals surface area contributed by atoms with Gasteiger partial charge >= 0.3 is 0 Å². The van der Waals surface area contributed by atoms with Crippen molar-refractivity contribution in [2.45, 2.75) is 19.9 Å². The molecular weight excluding hydrogens is 446 g/mol. The smallest absolute Gasteiger partial charge is 0.300 e. The molecule has 1 heterocycles. The van der Waals surface area contributed by atoms with Gasteiger partial charge in [0.25, 0.3) is 11.7 Å². The molecule has 3 aromatic rings. The average molecular weight is 474 g/mol. The molecule has 7 heteroatoms. The van der Waals surface area contributed by atoms with Gasteiger partial charge in [-0.05, 0) is 61.4 Å². The molecule has 180 valence electrons. The molecule has 1 amide bonds. The van der Waals surface area contributed by atoms with E-state index < -0.39 is 17.7 Å². The van der Waals surface area contributed by atoms with Crippen molar-refractivity contribution in [2.75, 3.05) is 25.7 Å². The van der Waals surface area contributed by atoms with E-state index >= 15 is 0 Å². The van der Waals surface area contributed by atoms with Crippen molar-refractivity contribution in [3.63, 3.8) is 0 Å². The summed E-state index contributed by atoms with van der Waals surface area (Å²) >= 11 is 0. The highest BCUT2D eigenvalue weighted by Gasteiger charge is 2.47. The number of ketones is 1. The zero-order valence-corrected chi connectivity index (χ0v) is 20.1. The highest BCUT2D eigenvalue weighted by atomic mass is 16.5. The Kier molecular flexibility index (Phi) is 6.78. The summed E-state index contributed by atoms with van der Waals surface area (Å²) in [6.07, 6.45) is 0. The Morgan fingerprint density at radius 2 is 1.71 bits per heavy atom. The van der Waals surface area contributed by atoms with Crippen molar-refractivity contribution in [2.24, 2.45) is 0 Å². The molecule has 1 fully saturated rings. The number of aliphatic hydroxyl groups excluding tert-OH is 1. The number of nitrogens with zero attached hydrogens (tertiary/aromatic N) is 1. The number of aryl methyl sites for hydroxylation is 1. The van der Waals surface area contributed by atoms with Crippen LogP contribution in [0.2, 0.25) is 0 Å². The van der Waals surface area contributed by atoms with Crippen LogP contribution < -0.4 is 19.1 Å². The monoisotopic (exact) mass is 473 g/mol. The Balaban J connectivity index is 2.00. The van der Waals surface area contributed by atoms with Crippen LogP contribution in [0.3, 0.4) is 0 Å². The Morgan fingerprint density at radius 3 is 2.40 bits per heavy atom. The normalized spacial score (nSPS) is 16.9. The predicted molar refractivity (Wildman–Crippen MR) is 133 cm³/mol. The lowest BCUT2D eigenvalue weighted by Crippen LogP contribution is -2.30. The largest absolute Gasteiger partial charge is 0.507 e. The summed E-state index contributed by atoms with van der Waals surface area (Å²) < 4.78 is 16.4. The molecule has 3 aromatic carbocycles. The fourth-order valence-corrected chi connectivity index (χ4v) is 4.32. The second-order valence-electron chi connectivity index (χ2n) is 8.03. The van der Waals surface area contributed by atoms with E-state index in [-0.39, 0.29) is 16.9 Å². The minimum atomic E-state index is -0.882. The maximum atomic E-state index is 13.5. The molecule has 0 radical (unpaired) electrons. The first-order chi connectivity index (χ1) is 16.9. The Bertz CT molecular complexity index is 1310. The number of anilines is 1. The minimum absolute atomic E-state index is 0.0431. The van der Waals surface area contributed by atoms with Crippen molar-refractivity contribution >= 4 is 23.1 Å². The number of amides is 1. The number of para-hydroxylation sites is 1. The van der Waals surface area contributed by atoms with Crippen molar-refractivity contribution in [3.8, 4) is 17.2 Å². The maximum Gasteiger partial charge on any atom is 0.300 e. The number of rotatable bonds is 7. The van der Waals surface area contributed by atoms with Crippen molar-refractivity contribution in [1.82, 2.24) is 0 Å². The first-order valence-corrected chi connectivity index (χ1v) is 11.2. The van der Waals surface area contributed by atoms with E-state index in [0.717, 1.165) is 5.56 Å². The van der Waals surface area contributed by atoms with Crippen molar-refractivity contribution in [1.29, 1.82) is 0 Å². The molecule has 0 aliphatic carbocycles. The minimum Gasteiger partial charge on any atom is -0.507 e. The van der Waals surface area contributed by atoms with Crippen molar-refractivity contribution < 1.29 is 28.9 Å². The molecule has 1 atom stereocenters. The summed E-state index contributed by atoms with van der Waals surface area (Å²) in [6, 6.07) is 18.5. The molecule has 1 aliphatic rings. The van der Waals surface area contributed by atoms with Crippen LogP contribution in [0.5, 0.6) is 17.2 Å². The van der Waals surface area contributed by atoms with Crippen LogP contribution in [0.15, 0.2) is 72.3 Å². The molecule has 7 nitrogen and oxygen atoms in total. The number of hydrogen-bond donors (Lipinski definition) is 1. The highest BCUT2D eigenvalue weighted by molar-refractivity contribution is 6.51. The maximum absolute atomic E-state index is 13.5. The van der Waals surface area contributed by atoms with Crippen LogP contribution in [-0.2, 0) is 9.59 Å². The molecule has 1 unspecified atom stereocenters. The van der Waals surface area contributed by atoms with E-state index in [1.807, 2.05) is 26.0 Å². The number of ether oxygens (including phenoxy) is 3. The first-order valence-electron chi connectivity index (χ1n) is 11.2. The van der Waals surface area contributed by atoms with Gasteiger partial charge in [0.05, 0.1) is 38.0 Å². The first kappa shape index (κ1) is 23.9. The SMILES string of the molecule is CCOc1cccc(C2/C(=C(\O)c3cc(OC)ccc3OC)C(=O)C(=O)N2c2ccccc2C)c1. The van der Waals surface area contributed by atoms with Crippen LogP contribution in [0.1, 0.15) is 29.7 Å². The van der Waals surface area contributed by atoms with E-state index in [0.29, 0.717) is 35.1 Å². The summed E-state index contributed by atoms with van der Waals surface area (Å²) in [7, 11) is 2.97. The van der Waals surface area contributed by atoms with Gasteiger partial charge in [0, 0.05) is 5.69 Å². The number of methoxy groups -OCH3 is 2. The lowest BCUT2D eigenvalue weighted by atomic mass is 9.94. The molecule has 0 bridgehead atoms. The summed E-state index contributed by atoms with van der Waals surface area (Å²) in [5.74, 6) is -0.458. The quantitative estimate of drug-likeness (QED) is 0.294. The molecule has 1 saturated heterocycles. The number of carbonyl (C=O) groups is 2. The van der Waals surface area contributed by atoms with E-state index in [1.165, 1.54) is 19.1 Å². The molecule has 0 spiro atoms. The van der Waals surface area contributed by atoms with E-state index in [2.05, 4.69) is 0 Å². The Labute approximate surface area is 204 Å². The van der Waals surface area contributed by atoms with Gasteiger partial charge < -0.3 is 19.3 Å². The van der Waals surface area contributed by atoms with Crippen LogP contribution in [0.4, 0.5) is 5.69 Å². The van der Waals surface area contributed by atoms with E-state index in [1.54, 1.807) is 54.6 Å². The lowest BCUT2D eigenvalue weighted by Gasteiger charge is -2.27. The number of carbonyl (C=O) groups excluding carboxylic acids is 2. The van der Waals surface area contributed by atoms with Gasteiger partial charge in [-0.1, -0.05) is 30.3 Å². The molecule has 1 N–H and O–H groups in total. The van der Waals surface area contributed by atoms with E-state index in [4.69, 9.17) is 14.2 Å². The second kappa shape index (κ2) is 9.93. The average Bonchev–Trinajstić information content (AvgIpc) is 3.14. The van der Waals surface area contributed by atoms with Crippen LogP contribution in [-0.4, -0.2) is 37.6 Å². The summed E-state index contributed by atoms with van der Waals surface area (Å²) in [5.41, 5.74) is 2.23. The van der Waals surface area contributed by atoms with Gasteiger partial charge in [-0.15, -0.1) is 0 Å². The summed E-state index contributed by atoms with van der Waals surface area (Å²) in [6.45, 7) is 4.21. The number of aliphatic hydroxyl groups is 1. The van der Waals surface area contributed by atoms with Crippen LogP contribution >= 0.6 is 0 Å². The Hall–Kier alpha value is -4.26. The summed E-state index contributed by atoms with van der Waals surface area (Å²) in [5, 5.41) is 11.5. The highest BCUT2D eigenvalue weighted by Crippen LogP contribution is 2.45. The van der Waals surface area contributed by atoms with Gasteiger partial charge in [0.15, 0.2) is 0 Å². The van der Waals surface area contributed by atoms with Gasteiger partial charge in [0.2, 0.25) is 0 Å². The number of benzene rings is 3. The standard InChI is InChI=1S/C28H27NO6/c1-5-35-20-11-8-10-18(15-20)25-24(26(30)21-16-19(33-3)13-14-23(21)34-4)27(31)28(32)29(25)22-12-7-6-9-17(22)2/h6-16,25,30H,5H2,1-4H3/b26-24+. The van der Waals surface area contributed by atoms with Gasteiger partial charge in [0.1, 0.15) is 23.0 Å². The summed E-state index contributed by atoms with van der Waals surface area (Å²) in [4.78, 5) is 28.3. The zero-order valence-electron chi connectivity index (χ0n) is 20.1. The third kappa shape index (κ3) is 4.33. The van der Waals surface area contributed by atoms with E-state index in [9.17, 15) is 14.7 Å². The van der Waals surface area contributed by atoms with Crippen LogP contribution in [0, 0.1) is 6.92 Å².